The monoisotopic (exact) mass is 306 g/mol. The van der Waals surface area contributed by atoms with E-state index < -0.39 is 0 Å². The lowest BCUT2D eigenvalue weighted by molar-refractivity contribution is 0.0466. The average molecular weight is 307 g/mol. The van der Waals surface area contributed by atoms with Crippen molar-refractivity contribution in [2.75, 3.05) is 32.0 Å². The highest BCUT2D eigenvalue weighted by atomic mass is 35.5. The zero-order chi connectivity index (χ0) is 13.5. The summed E-state index contributed by atoms with van der Waals surface area (Å²) in [6, 6.07) is 4.74. The van der Waals surface area contributed by atoms with Gasteiger partial charge in [-0.1, -0.05) is 25.4 Å². The second-order valence-corrected chi connectivity index (χ2v) is 4.31. The van der Waals surface area contributed by atoms with Crippen molar-refractivity contribution in [3.8, 4) is 0 Å². The standard InChI is InChI=1S/C13H19ClN2O2.ClH/c1-3-16(4-2)7-8-18-13(17)10-5-6-12(15)11(14)9-10;/h5-6,9H,3-4,7-8,15H2,1-2H3;1H. The summed E-state index contributed by atoms with van der Waals surface area (Å²) in [5.41, 5.74) is 6.45. The SMILES string of the molecule is CCN(CC)CCOC(=O)c1ccc(N)c(Cl)c1.Cl. The van der Waals surface area contributed by atoms with E-state index in [4.69, 9.17) is 22.1 Å². The summed E-state index contributed by atoms with van der Waals surface area (Å²) >= 11 is 5.85. The molecule has 4 nitrogen and oxygen atoms in total. The zero-order valence-electron chi connectivity index (χ0n) is 11.2. The quantitative estimate of drug-likeness (QED) is 0.648. The van der Waals surface area contributed by atoms with Crippen LogP contribution in [-0.2, 0) is 4.74 Å². The maximum atomic E-state index is 11.7. The van der Waals surface area contributed by atoms with Crippen LogP contribution in [-0.4, -0.2) is 37.1 Å². The largest absolute Gasteiger partial charge is 0.461 e. The molecule has 6 heteroatoms. The Balaban J connectivity index is 0.00000324. The van der Waals surface area contributed by atoms with Gasteiger partial charge in [-0.25, -0.2) is 4.79 Å². The van der Waals surface area contributed by atoms with Gasteiger partial charge in [0.05, 0.1) is 16.3 Å². The summed E-state index contributed by atoms with van der Waals surface area (Å²) in [5.74, 6) is -0.371. The van der Waals surface area contributed by atoms with Gasteiger partial charge < -0.3 is 15.4 Å². The van der Waals surface area contributed by atoms with E-state index in [2.05, 4.69) is 18.7 Å². The van der Waals surface area contributed by atoms with E-state index in [-0.39, 0.29) is 18.4 Å². The number of benzene rings is 1. The lowest BCUT2D eigenvalue weighted by Crippen LogP contribution is -2.27. The van der Waals surface area contributed by atoms with Gasteiger partial charge in [-0.05, 0) is 31.3 Å². The second-order valence-electron chi connectivity index (χ2n) is 3.90. The Morgan fingerprint density at radius 3 is 2.53 bits per heavy atom. The number of carbonyl (C=O) groups is 1. The van der Waals surface area contributed by atoms with Gasteiger partial charge in [0, 0.05) is 6.54 Å². The number of nitrogens with two attached hydrogens (primary N) is 1. The van der Waals surface area contributed by atoms with Crippen LogP contribution in [0.5, 0.6) is 0 Å². The maximum absolute atomic E-state index is 11.7. The number of nitrogens with zero attached hydrogens (tertiary/aromatic N) is 1. The van der Waals surface area contributed by atoms with E-state index in [1.807, 2.05) is 0 Å². The molecule has 0 aliphatic rings. The molecule has 1 aromatic carbocycles. The molecule has 0 bridgehead atoms. The summed E-state index contributed by atoms with van der Waals surface area (Å²) in [4.78, 5) is 13.9. The molecule has 19 heavy (non-hydrogen) atoms. The lowest BCUT2D eigenvalue weighted by Gasteiger charge is -2.17. The Morgan fingerprint density at radius 1 is 1.37 bits per heavy atom. The number of hydrogen-bond donors (Lipinski definition) is 1. The van der Waals surface area contributed by atoms with Crippen molar-refractivity contribution in [3.05, 3.63) is 28.8 Å². The molecular weight excluding hydrogens is 287 g/mol. The van der Waals surface area contributed by atoms with E-state index in [0.717, 1.165) is 19.6 Å². The molecule has 0 saturated heterocycles. The second kappa shape index (κ2) is 9.02. The van der Waals surface area contributed by atoms with Crippen LogP contribution in [0.15, 0.2) is 18.2 Å². The van der Waals surface area contributed by atoms with Crippen LogP contribution < -0.4 is 5.73 Å². The number of esters is 1. The number of carbonyl (C=O) groups excluding carboxylic acids is 1. The zero-order valence-corrected chi connectivity index (χ0v) is 12.8. The van der Waals surface area contributed by atoms with Crippen LogP contribution in [0, 0.1) is 0 Å². The fourth-order valence-electron chi connectivity index (χ4n) is 1.54. The van der Waals surface area contributed by atoms with E-state index in [1.165, 1.54) is 6.07 Å². The number of nitrogen functional groups attached to an aromatic ring is 1. The molecule has 0 radical (unpaired) electrons. The van der Waals surface area contributed by atoms with Crippen LogP contribution in [0.1, 0.15) is 24.2 Å². The number of hydrogen-bond acceptors (Lipinski definition) is 4. The average Bonchev–Trinajstić information content (AvgIpc) is 2.37. The van der Waals surface area contributed by atoms with Crippen molar-refractivity contribution in [3.63, 3.8) is 0 Å². The maximum Gasteiger partial charge on any atom is 0.338 e. The highest BCUT2D eigenvalue weighted by Gasteiger charge is 2.09. The number of likely N-dealkylation sites (N-methyl/N-ethyl adjacent to an activating group) is 1. The first-order chi connectivity index (χ1) is 8.58. The van der Waals surface area contributed by atoms with Gasteiger partial charge in [-0.3, -0.25) is 0 Å². The van der Waals surface area contributed by atoms with Crippen molar-refractivity contribution >= 4 is 35.7 Å². The first kappa shape index (κ1) is 18.0. The highest BCUT2D eigenvalue weighted by molar-refractivity contribution is 6.33. The summed E-state index contributed by atoms with van der Waals surface area (Å²) in [6.45, 7) is 7.16. The van der Waals surface area contributed by atoms with E-state index in [9.17, 15) is 4.79 Å². The molecule has 0 saturated carbocycles. The Hall–Kier alpha value is -0.970. The first-order valence-electron chi connectivity index (χ1n) is 6.03. The highest BCUT2D eigenvalue weighted by Crippen LogP contribution is 2.19. The van der Waals surface area contributed by atoms with Crippen LogP contribution in [0.2, 0.25) is 5.02 Å². The van der Waals surface area contributed by atoms with E-state index >= 15 is 0 Å². The van der Waals surface area contributed by atoms with Crippen molar-refractivity contribution in [1.29, 1.82) is 0 Å². The molecule has 0 atom stereocenters. The third kappa shape index (κ3) is 5.68. The van der Waals surface area contributed by atoms with Gasteiger partial charge in [-0.2, -0.15) is 0 Å². The number of halogens is 2. The third-order valence-electron chi connectivity index (χ3n) is 2.77. The molecule has 0 aliphatic heterocycles. The van der Waals surface area contributed by atoms with Crippen LogP contribution in [0.25, 0.3) is 0 Å². The van der Waals surface area contributed by atoms with Gasteiger partial charge in [-0.15, -0.1) is 12.4 Å². The molecule has 2 N–H and O–H groups in total. The summed E-state index contributed by atoms with van der Waals surface area (Å²) in [7, 11) is 0. The van der Waals surface area contributed by atoms with Gasteiger partial charge in [0.2, 0.25) is 0 Å². The molecule has 0 aromatic heterocycles. The Morgan fingerprint density at radius 2 is 2.00 bits per heavy atom. The van der Waals surface area contributed by atoms with Crippen LogP contribution in [0.4, 0.5) is 5.69 Å². The molecule has 0 unspecified atom stereocenters. The molecule has 0 aliphatic carbocycles. The van der Waals surface area contributed by atoms with Gasteiger partial charge in [0.15, 0.2) is 0 Å². The summed E-state index contributed by atoms with van der Waals surface area (Å²) < 4.78 is 5.18. The van der Waals surface area contributed by atoms with Crippen molar-refractivity contribution in [2.24, 2.45) is 0 Å². The van der Waals surface area contributed by atoms with Crippen LogP contribution in [0.3, 0.4) is 0 Å². The molecule has 1 aromatic rings. The summed E-state index contributed by atoms with van der Waals surface area (Å²) in [5, 5.41) is 0.369. The van der Waals surface area contributed by atoms with Crippen molar-refractivity contribution in [2.45, 2.75) is 13.8 Å². The molecular formula is C13H20Cl2N2O2. The minimum atomic E-state index is -0.371. The molecule has 0 fully saturated rings. The number of anilines is 1. The normalized spacial score (nSPS) is 10.1. The van der Waals surface area contributed by atoms with E-state index in [1.54, 1.807) is 12.1 Å². The number of rotatable bonds is 6. The van der Waals surface area contributed by atoms with Gasteiger partial charge in [0.25, 0.3) is 0 Å². The molecule has 0 heterocycles. The molecule has 0 spiro atoms. The van der Waals surface area contributed by atoms with Gasteiger partial charge in [0.1, 0.15) is 6.61 Å². The topological polar surface area (TPSA) is 55.6 Å². The number of ether oxygens (including phenoxy) is 1. The molecule has 1 rings (SSSR count). The third-order valence-corrected chi connectivity index (χ3v) is 3.10. The fourth-order valence-corrected chi connectivity index (χ4v) is 1.73. The van der Waals surface area contributed by atoms with Crippen molar-refractivity contribution in [1.82, 2.24) is 4.90 Å². The van der Waals surface area contributed by atoms with E-state index in [0.29, 0.717) is 22.9 Å². The minimum Gasteiger partial charge on any atom is -0.461 e. The first-order valence-corrected chi connectivity index (χ1v) is 6.40. The summed E-state index contributed by atoms with van der Waals surface area (Å²) in [6.07, 6.45) is 0. The Labute approximate surface area is 125 Å². The lowest BCUT2D eigenvalue weighted by atomic mass is 10.2. The molecule has 0 amide bonds. The minimum absolute atomic E-state index is 0. The predicted molar refractivity (Wildman–Crippen MR) is 81.2 cm³/mol. The fraction of sp³-hybridized carbons (Fsp3) is 0.462. The molecule has 108 valence electrons. The Kier molecular flexibility index (Phi) is 8.56. The predicted octanol–water partition coefficient (Wildman–Crippen LogP) is 2.84. The van der Waals surface area contributed by atoms with Crippen LogP contribution >= 0.6 is 24.0 Å². The smallest absolute Gasteiger partial charge is 0.338 e. The van der Waals surface area contributed by atoms with Gasteiger partial charge >= 0.3 is 5.97 Å². The van der Waals surface area contributed by atoms with Crippen molar-refractivity contribution < 1.29 is 9.53 Å². The Bertz CT molecular complexity index is 410.